The number of carbonyl (C=O) groups is 1. The van der Waals surface area contributed by atoms with Gasteiger partial charge in [0.1, 0.15) is 0 Å². The smallest absolute Gasteiger partial charge is 0.284 e. The minimum atomic E-state index is -0.0880. The van der Waals surface area contributed by atoms with E-state index in [0.717, 1.165) is 17.9 Å². The van der Waals surface area contributed by atoms with Crippen molar-refractivity contribution >= 4 is 28.8 Å². The van der Waals surface area contributed by atoms with E-state index in [-0.39, 0.29) is 5.91 Å². The molecule has 18 heavy (non-hydrogen) atoms. The van der Waals surface area contributed by atoms with E-state index in [1.165, 1.54) is 0 Å². The summed E-state index contributed by atoms with van der Waals surface area (Å²) in [6.07, 6.45) is 0. The summed E-state index contributed by atoms with van der Waals surface area (Å²) in [5.41, 5.74) is 0. The molecule has 0 atom stereocenters. The molecule has 1 rings (SSSR count). The van der Waals surface area contributed by atoms with Gasteiger partial charge in [-0.15, -0.1) is 10.2 Å². The molecule has 0 aliphatic rings. The van der Waals surface area contributed by atoms with Gasteiger partial charge in [-0.2, -0.15) is 0 Å². The van der Waals surface area contributed by atoms with Gasteiger partial charge in [0.05, 0.1) is 0 Å². The van der Waals surface area contributed by atoms with Crippen molar-refractivity contribution in [3.8, 4) is 0 Å². The van der Waals surface area contributed by atoms with Crippen LogP contribution >= 0.6 is 22.9 Å². The number of hydrogen-bond donors (Lipinski definition) is 0. The van der Waals surface area contributed by atoms with E-state index >= 15 is 0 Å². The number of aromatic nitrogens is 2. The van der Waals surface area contributed by atoms with Crippen LogP contribution in [0.2, 0.25) is 4.47 Å². The zero-order valence-electron chi connectivity index (χ0n) is 11.2. The van der Waals surface area contributed by atoms with Gasteiger partial charge >= 0.3 is 0 Å². The van der Waals surface area contributed by atoms with Gasteiger partial charge in [-0.3, -0.25) is 4.79 Å². The Kier molecular flexibility index (Phi) is 5.98. The van der Waals surface area contributed by atoms with Crippen molar-refractivity contribution in [2.45, 2.75) is 13.8 Å². The normalized spacial score (nSPS) is 11.3. The van der Waals surface area contributed by atoms with Crippen molar-refractivity contribution in [2.75, 3.05) is 33.7 Å². The Morgan fingerprint density at radius 1 is 1.33 bits per heavy atom. The van der Waals surface area contributed by atoms with Crippen molar-refractivity contribution in [1.29, 1.82) is 0 Å². The fraction of sp³-hybridized carbons (Fsp3) is 0.727. The Hall–Kier alpha value is -0.720. The van der Waals surface area contributed by atoms with Crippen LogP contribution in [-0.2, 0) is 0 Å². The Labute approximate surface area is 117 Å². The molecule has 5 nitrogen and oxygen atoms in total. The Balaban J connectivity index is 2.72. The third-order valence-electron chi connectivity index (χ3n) is 2.27. The third kappa shape index (κ3) is 4.88. The summed E-state index contributed by atoms with van der Waals surface area (Å²) in [5.74, 6) is 0.328. The van der Waals surface area contributed by atoms with E-state index in [4.69, 9.17) is 11.6 Å². The first-order valence-electron chi connectivity index (χ1n) is 5.83. The molecule has 0 N–H and O–H groups in total. The molecule has 0 aliphatic heterocycles. The van der Waals surface area contributed by atoms with Crippen molar-refractivity contribution in [2.24, 2.45) is 5.92 Å². The van der Waals surface area contributed by atoms with Crippen LogP contribution in [0.5, 0.6) is 0 Å². The number of amides is 1. The van der Waals surface area contributed by atoms with Gasteiger partial charge in [0.25, 0.3) is 5.91 Å². The van der Waals surface area contributed by atoms with Gasteiger partial charge < -0.3 is 9.80 Å². The fourth-order valence-corrected chi connectivity index (χ4v) is 2.26. The van der Waals surface area contributed by atoms with Crippen molar-refractivity contribution in [3.63, 3.8) is 0 Å². The topological polar surface area (TPSA) is 49.3 Å². The van der Waals surface area contributed by atoms with Crippen LogP contribution in [0.1, 0.15) is 23.6 Å². The first-order valence-corrected chi connectivity index (χ1v) is 7.02. The van der Waals surface area contributed by atoms with Gasteiger partial charge in [0, 0.05) is 19.6 Å². The van der Waals surface area contributed by atoms with E-state index in [9.17, 15) is 4.79 Å². The van der Waals surface area contributed by atoms with E-state index in [1.54, 1.807) is 0 Å². The van der Waals surface area contributed by atoms with Crippen LogP contribution in [0.4, 0.5) is 0 Å². The van der Waals surface area contributed by atoms with Gasteiger partial charge in [-0.25, -0.2) is 0 Å². The zero-order chi connectivity index (χ0) is 13.7. The molecule has 0 bridgehead atoms. The van der Waals surface area contributed by atoms with E-state index < -0.39 is 0 Å². The van der Waals surface area contributed by atoms with Crippen LogP contribution in [0.3, 0.4) is 0 Å². The first-order chi connectivity index (χ1) is 8.40. The lowest BCUT2D eigenvalue weighted by Crippen LogP contribution is -2.39. The van der Waals surface area contributed by atoms with E-state index in [2.05, 4.69) is 24.0 Å². The monoisotopic (exact) mass is 290 g/mol. The lowest BCUT2D eigenvalue weighted by atomic mass is 10.2. The quantitative estimate of drug-likeness (QED) is 0.802. The Bertz CT molecular complexity index is 394. The Morgan fingerprint density at radius 3 is 2.44 bits per heavy atom. The second-order valence-electron chi connectivity index (χ2n) is 4.81. The van der Waals surface area contributed by atoms with Crippen LogP contribution in [-0.4, -0.2) is 59.6 Å². The summed E-state index contributed by atoms with van der Waals surface area (Å²) in [7, 11) is 3.97. The standard InChI is InChI=1S/C11H19ClN4OS/c1-8(2)7-16(6-5-15(3)4)10(17)9-13-14-11(12)18-9/h8H,5-7H2,1-4H3. The molecule has 1 amide bonds. The molecule has 0 aliphatic carbocycles. The van der Waals surface area contributed by atoms with E-state index in [0.29, 0.717) is 28.5 Å². The second kappa shape index (κ2) is 7.01. The summed E-state index contributed by atoms with van der Waals surface area (Å²) >= 11 is 6.83. The maximum Gasteiger partial charge on any atom is 0.284 e. The molecule has 1 heterocycles. The number of halogens is 1. The summed E-state index contributed by atoms with van der Waals surface area (Å²) in [6.45, 7) is 6.39. The molecule has 0 aromatic carbocycles. The van der Waals surface area contributed by atoms with Crippen LogP contribution in [0.15, 0.2) is 0 Å². The zero-order valence-corrected chi connectivity index (χ0v) is 12.8. The summed E-state index contributed by atoms with van der Waals surface area (Å²) in [6, 6.07) is 0. The van der Waals surface area contributed by atoms with Gasteiger partial charge in [-0.05, 0) is 31.6 Å². The molecule has 0 saturated heterocycles. The number of hydrogen-bond acceptors (Lipinski definition) is 5. The van der Waals surface area contributed by atoms with E-state index in [1.807, 2.05) is 23.9 Å². The molecule has 0 saturated carbocycles. The Morgan fingerprint density at radius 2 is 2.00 bits per heavy atom. The van der Waals surface area contributed by atoms with Gasteiger partial charge in [-0.1, -0.05) is 25.2 Å². The average Bonchev–Trinajstić information content (AvgIpc) is 2.69. The molecule has 0 spiro atoms. The van der Waals surface area contributed by atoms with Crippen LogP contribution < -0.4 is 0 Å². The van der Waals surface area contributed by atoms with Gasteiger partial charge in [0.2, 0.25) is 9.47 Å². The molecule has 1 aromatic rings. The molecular formula is C11H19ClN4OS. The number of rotatable bonds is 6. The predicted molar refractivity (Wildman–Crippen MR) is 74.2 cm³/mol. The van der Waals surface area contributed by atoms with Gasteiger partial charge in [0.15, 0.2) is 0 Å². The SMILES string of the molecule is CC(C)CN(CCN(C)C)C(=O)c1nnc(Cl)s1. The molecule has 1 aromatic heterocycles. The molecule has 0 radical (unpaired) electrons. The number of likely N-dealkylation sites (N-methyl/N-ethyl adjacent to an activating group) is 1. The first kappa shape index (κ1) is 15.3. The highest BCUT2D eigenvalue weighted by Gasteiger charge is 2.20. The lowest BCUT2D eigenvalue weighted by Gasteiger charge is -2.25. The summed E-state index contributed by atoms with van der Waals surface area (Å²) < 4.78 is 0.301. The summed E-state index contributed by atoms with van der Waals surface area (Å²) in [5, 5.41) is 7.83. The lowest BCUT2D eigenvalue weighted by molar-refractivity contribution is 0.0723. The van der Waals surface area contributed by atoms with Crippen LogP contribution in [0, 0.1) is 5.92 Å². The number of nitrogens with zero attached hydrogens (tertiary/aromatic N) is 4. The largest absolute Gasteiger partial charge is 0.335 e. The highest BCUT2D eigenvalue weighted by molar-refractivity contribution is 7.17. The molecule has 102 valence electrons. The molecule has 0 unspecified atom stereocenters. The van der Waals surface area contributed by atoms with Crippen molar-refractivity contribution in [1.82, 2.24) is 20.0 Å². The van der Waals surface area contributed by atoms with Crippen molar-refractivity contribution < 1.29 is 4.79 Å². The van der Waals surface area contributed by atoms with Crippen molar-refractivity contribution in [3.05, 3.63) is 9.47 Å². The predicted octanol–water partition coefficient (Wildman–Crippen LogP) is 1.85. The maximum atomic E-state index is 12.3. The van der Waals surface area contributed by atoms with Crippen LogP contribution in [0.25, 0.3) is 0 Å². The minimum absolute atomic E-state index is 0.0880. The molecular weight excluding hydrogens is 272 g/mol. The molecule has 7 heteroatoms. The average molecular weight is 291 g/mol. The number of carbonyl (C=O) groups excluding carboxylic acids is 1. The third-order valence-corrected chi connectivity index (χ3v) is 3.28. The highest BCUT2D eigenvalue weighted by Crippen LogP contribution is 2.17. The highest BCUT2D eigenvalue weighted by atomic mass is 35.5. The second-order valence-corrected chi connectivity index (χ2v) is 6.37. The fourth-order valence-electron chi connectivity index (χ4n) is 1.46. The maximum absolute atomic E-state index is 12.3. The summed E-state index contributed by atoms with van der Waals surface area (Å²) in [4.78, 5) is 16.1. The minimum Gasteiger partial charge on any atom is -0.335 e. The molecule has 0 fully saturated rings.